The highest BCUT2D eigenvalue weighted by atomic mass is 16.5. The van der Waals surface area contributed by atoms with Crippen LogP contribution in [0.3, 0.4) is 0 Å². The van der Waals surface area contributed by atoms with Crippen LogP contribution < -0.4 is 5.32 Å². The van der Waals surface area contributed by atoms with Crippen LogP contribution in [0.2, 0.25) is 0 Å². The molecule has 3 nitrogen and oxygen atoms in total. The van der Waals surface area contributed by atoms with E-state index in [1.165, 1.54) is 0 Å². The minimum atomic E-state index is 0.00329. The van der Waals surface area contributed by atoms with Crippen molar-refractivity contribution < 1.29 is 9.53 Å². The highest BCUT2D eigenvalue weighted by Crippen LogP contribution is 2.09. The Bertz CT molecular complexity index is 403. The van der Waals surface area contributed by atoms with Gasteiger partial charge in [0.15, 0.2) is 0 Å². The molecule has 0 aliphatic carbocycles. The van der Waals surface area contributed by atoms with E-state index in [-0.39, 0.29) is 5.91 Å². The molecule has 1 rings (SSSR count). The molecule has 18 heavy (non-hydrogen) atoms. The van der Waals surface area contributed by atoms with Crippen LogP contribution in [0.5, 0.6) is 0 Å². The first-order valence-electron chi connectivity index (χ1n) is 6.20. The van der Waals surface area contributed by atoms with Gasteiger partial charge in [-0.25, -0.2) is 0 Å². The smallest absolute Gasteiger partial charge is 0.224 e. The molecule has 0 unspecified atom stereocenters. The second-order valence-electron chi connectivity index (χ2n) is 3.99. The SMILES string of the molecule is C#Cc1ccc(NC(=O)CCCOCCC)cc1. The number of terminal acetylenes is 1. The number of carbonyl (C=O) groups excluding carboxylic acids is 1. The summed E-state index contributed by atoms with van der Waals surface area (Å²) in [7, 11) is 0. The lowest BCUT2D eigenvalue weighted by atomic mass is 10.2. The van der Waals surface area contributed by atoms with Crippen LogP contribution in [0.1, 0.15) is 31.7 Å². The van der Waals surface area contributed by atoms with Crippen LogP contribution in [0.25, 0.3) is 0 Å². The molecular weight excluding hydrogens is 226 g/mol. The van der Waals surface area contributed by atoms with Crippen LogP contribution in [-0.2, 0) is 9.53 Å². The zero-order valence-corrected chi connectivity index (χ0v) is 10.7. The van der Waals surface area contributed by atoms with Crippen LogP contribution in [0, 0.1) is 12.3 Å². The topological polar surface area (TPSA) is 38.3 Å². The molecule has 0 saturated heterocycles. The third-order valence-electron chi connectivity index (χ3n) is 2.38. The van der Waals surface area contributed by atoms with Gasteiger partial charge in [-0.1, -0.05) is 12.8 Å². The largest absolute Gasteiger partial charge is 0.381 e. The average molecular weight is 245 g/mol. The van der Waals surface area contributed by atoms with Crippen molar-refractivity contribution in [3.63, 3.8) is 0 Å². The maximum Gasteiger partial charge on any atom is 0.224 e. The molecule has 0 aliphatic heterocycles. The van der Waals surface area contributed by atoms with Crippen molar-refractivity contribution in [2.24, 2.45) is 0 Å². The van der Waals surface area contributed by atoms with Gasteiger partial charge in [0.05, 0.1) is 0 Å². The average Bonchev–Trinajstić information content (AvgIpc) is 2.39. The number of hydrogen-bond acceptors (Lipinski definition) is 2. The van der Waals surface area contributed by atoms with Gasteiger partial charge in [0.1, 0.15) is 0 Å². The molecule has 0 radical (unpaired) electrons. The summed E-state index contributed by atoms with van der Waals surface area (Å²) in [5.41, 5.74) is 1.58. The lowest BCUT2D eigenvalue weighted by Gasteiger charge is -2.05. The van der Waals surface area contributed by atoms with E-state index >= 15 is 0 Å². The summed E-state index contributed by atoms with van der Waals surface area (Å²) >= 11 is 0. The predicted molar refractivity (Wildman–Crippen MR) is 73.4 cm³/mol. The fraction of sp³-hybridized carbons (Fsp3) is 0.400. The number of amides is 1. The van der Waals surface area contributed by atoms with Gasteiger partial charge >= 0.3 is 0 Å². The van der Waals surface area contributed by atoms with E-state index in [2.05, 4.69) is 18.2 Å². The molecule has 0 heterocycles. The minimum absolute atomic E-state index is 0.00329. The summed E-state index contributed by atoms with van der Waals surface area (Å²) in [5, 5.41) is 2.82. The van der Waals surface area contributed by atoms with Crippen molar-refractivity contribution >= 4 is 11.6 Å². The molecule has 1 amide bonds. The Morgan fingerprint density at radius 2 is 2.06 bits per heavy atom. The van der Waals surface area contributed by atoms with Crippen molar-refractivity contribution in [3.8, 4) is 12.3 Å². The number of hydrogen-bond donors (Lipinski definition) is 1. The number of ether oxygens (including phenoxy) is 1. The van der Waals surface area contributed by atoms with E-state index in [1.54, 1.807) is 24.3 Å². The second-order valence-corrected chi connectivity index (χ2v) is 3.99. The molecular formula is C15H19NO2. The number of benzene rings is 1. The first-order chi connectivity index (χ1) is 8.76. The molecule has 96 valence electrons. The summed E-state index contributed by atoms with van der Waals surface area (Å²) in [6.45, 7) is 3.46. The molecule has 0 bridgehead atoms. The fourth-order valence-corrected chi connectivity index (χ4v) is 1.45. The van der Waals surface area contributed by atoms with Gasteiger partial charge < -0.3 is 10.1 Å². The summed E-state index contributed by atoms with van der Waals surface area (Å²) in [5.74, 6) is 2.54. The standard InChI is InChI=1S/C15H19NO2/c1-3-11-18-12-5-6-15(17)16-14-9-7-13(4-2)8-10-14/h2,7-10H,3,5-6,11-12H2,1H3,(H,16,17). The van der Waals surface area contributed by atoms with Crippen LogP contribution in [0.15, 0.2) is 24.3 Å². The van der Waals surface area contributed by atoms with Gasteiger partial charge in [-0.15, -0.1) is 6.42 Å². The molecule has 1 aromatic carbocycles. The third-order valence-corrected chi connectivity index (χ3v) is 2.38. The quantitative estimate of drug-likeness (QED) is 0.592. The Hall–Kier alpha value is -1.79. The Morgan fingerprint density at radius 3 is 2.67 bits per heavy atom. The van der Waals surface area contributed by atoms with E-state index in [9.17, 15) is 4.79 Å². The second kappa shape index (κ2) is 8.32. The van der Waals surface area contributed by atoms with Gasteiger partial charge in [-0.2, -0.15) is 0 Å². The zero-order valence-electron chi connectivity index (χ0n) is 10.7. The van der Waals surface area contributed by atoms with Gasteiger partial charge in [0.2, 0.25) is 5.91 Å². The predicted octanol–water partition coefficient (Wildman–Crippen LogP) is 2.81. The molecule has 0 atom stereocenters. The Labute approximate surface area is 109 Å². The van der Waals surface area contributed by atoms with Crippen molar-refractivity contribution in [2.45, 2.75) is 26.2 Å². The van der Waals surface area contributed by atoms with Crippen LogP contribution >= 0.6 is 0 Å². The van der Waals surface area contributed by atoms with Crippen molar-refractivity contribution in [2.75, 3.05) is 18.5 Å². The zero-order chi connectivity index (χ0) is 13.2. The van der Waals surface area contributed by atoms with Gasteiger partial charge in [0, 0.05) is 30.9 Å². The summed E-state index contributed by atoms with van der Waals surface area (Å²) in [6, 6.07) is 7.22. The molecule has 0 fully saturated rings. The van der Waals surface area contributed by atoms with E-state index in [1.807, 2.05) is 0 Å². The van der Waals surface area contributed by atoms with Gasteiger partial charge in [-0.05, 0) is 37.1 Å². The minimum Gasteiger partial charge on any atom is -0.381 e. The Kier molecular flexibility index (Phi) is 6.60. The molecule has 0 spiro atoms. The molecule has 0 aliphatic rings. The third kappa shape index (κ3) is 5.51. The summed E-state index contributed by atoms with van der Waals surface area (Å²) in [4.78, 5) is 11.6. The maximum atomic E-state index is 11.6. The van der Waals surface area contributed by atoms with Crippen LogP contribution in [-0.4, -0.2) is 19.1 Å². The van der Waals surface area contributed by atoms with E-state index < -0.39 is 0 Å². The summed E-state index contributed by atoms with van der Waals surface area (Å²) in [6.07, 6.45) is 7.48. The highest BCUT2D eigenvalue weighted by Gasteiger charge is 2.01. The van der Waals surface area contributed by atoms with E-state index in [4.69, 9.17) is 11.2 Å². The first kappa shape index (κ1) is 14.3. The fourth-order valence-electron chi connectivity index (χ4n) is 1.45. The van der Waals surface area contributed by atoms with E-state index in [0.29, 0.717) is 13.0 Å². The summed E-state index contributed by atoms with van der Waals surface area (Å²) < 4.78 is 5.31. The molecule has 0 aromatic heterocycles. The Morgan fingerprint density at radius 1 is 1.33 bits per heavy atom. The normalized spacial score (nSPS) is 9.78. The molecule has 3 heteroatoms. The van der Waals surface area contributed by atoms with Crippen molar-refractivity contribution in [1.82, 2.24) is 0 Å². The number of rotatable bonds is 7. The van der Waals surface area contributed by atoms with Gasteiger partial charge in [-0.3, -0.25) is 4.79 Å². The number of carbonyl (C=O) groups is 1. The highest BCUT2D eigenvalue weighted by molar-refractivity contribution is 5.90. The number of anilines is 1. The van der Waals surface area contributed by atoms with E-state index in [0.717, 1.165) is 30.7 Å². The molecule has 1 N–H and O–H groups in total. The van der Waals surface area contributed by atoms with Crippen LogP contribution in [0.4, 0.5) is 5.69 Å². The molecule has 1 aromatic rings. The monoisotopic (exact) mass is 245 g/mol. The lowest BCUT2D eigenvalue weighted by molar-refractivity contribution is -0.116. The van der Waals surface area contributed by atoms with Crippen molar-refractivity contribution in [1.29, 1.82) is 0 Å². The lowest BCUT2D eigenvalue weighted by Crippen LogP contribution is -2.12. The maximum absolute atomic E-state index is 11.6. The molecule has 0 saturated carbocycles. The first-order valence-corrected chi connectivity index (χ1v) is 6.20. The number of nitrogens with one attached hydrogen (secondary N) is 1. The van der Waals surface area contributed by atoms with Gasteiger partial charge in [0.25, 0.3) is 0 Å². The Balaban J connectivity index is 2.25. The van der Waals surface area contributed by atoms with Crippen molar-refractivity contribution in [3.05, 3.63) is 29.8 Å².